The smallest absolute Gasteiger partial charge is 0.313 e. The van der Waals surface area contributed by atoms with Gasteiger partial charge in [0.05, 0.1) is 0 Å². The number of benzene rings is 1. The number of fused-ring (bicyclic) bond motifs is 3. The normalized spacial score (nSPS) is 26.2. The first-order chi connectivity index (χ1) is 15.4. The average molecular weight is 458 g/mol. The maximum absolute atomic E-state index is 12.4. The standard InChI is InChI=1S/C22H28ClN7O2/c1-15-13-30-18-19(26(2)22(32)25-20(18)31)24-21(30)29(15)11-10-27-6-8-28(9-7-27)14-16-4-3-5-17(23)12-16/h3-5,12-13,18-19H,6-11,14H2,1-2H3,(H,25,31,32). The lowest BCUT2D eigenvalue weighted by Gasteiger charge is -2.35. The predicted molar refractivity (Wildman–Crippen MR) is 122 cm³/mol. The van der Waals surface area contributed by atoms with E-state index in [1.165, 1.54) is 10.5 Å². The van der Waals surface area contributed by atoms with Gasteiger partial charge in [0.15, 0.2) is 12.2 Å². The third kappa shape index (κ3) is 3.85. The number of urea groups is 1. The average Bonchev–Trinajstić information content (AvgIpc) is 3.27. The molecule has 32 heavy (non-hydrogen) atoms. The van der Waals surface area contributed by atoms with Crippen LogP contribution in [0.5, 0.6) is 0 Å². The molecule has 0 saturated carbocycles. The number of nitrogens with zero attached hydrogens (tertiary/aromatic N) is 6. The molecule has 0 aromatic heterocycles. The molecule has 5 rings (SSSR count). The maximum atomic E-state index is 12.4. The SMILES string of the molecule is CC1=CN2C(=NC3C2C(=O)NC(=O)N3C)N1CCN1CCN(Cc2cccc(Cl)c2)CC1. The van der Waals surface area contributed by atoms with Gasteiger partial charge < -0.3 is 14.7 Å². The van der Waals surface area contributed by atoms with Crippen molar-refractivity contribution in [3.8, 4) is 0 Å². The highest BCUT2D eigenvalue weighted by Crippen LogP contribution is 2.31. The second-order valence-corrected chi connectivity index (χ2v) is 9.21. The Morgan fingerprint density at radius 1 is 1.12 bits per heavy atom. The second-order valence-electron chi connectivity index (χ2n) is 8.77. The Bertz CT molecular complexity index is 988. The van der Waals surface area contributed by atoms with E-state index in [1.54, 1.807) is 7.05 Å². The second kappa shape index (κ2) is 8.38. The van der Waals surface area contributed by atoms with E-state index in [1.807, 2.05) is 36.2 Å². The molecule has 0 bridgehead atoms. The molecule has 4 aliphatic rings. The highest BCUT2D eigenvalue weighted by molar-refractivity contribution is 6.30. The van der Waals surface area contributed by atoms with E-state index < -0.39 is 18.2 Å². The summed E-state index contributed by atoms with van der Waals surface area (Å²) in [5.41, 5.74) is 2.31. The van der Waals surface area contributed by atoms with Crippen molar-refractivity contribution in [3.05, 3.63) is 46.7 Å². The van der Waals surface area contributed by atoms with Crippen LogP contribution < -0.4 is 5.32 Å². The lowest BCUT2D eigenvalue weighted by molar-refractivity contribution is -0.126. The highest BCUT2D eigenvalue weighted by atomic mass is 35.5. The Hall–Kier alpha value is -2.62. The fraction of sp³-hybridized carbons (Fsp3) is 0.500. The molecular formula is C22H28ClN7O2. The minimum atomic E-state index is -0.498. The number of amides is 3. The van der Waals surface area contributed by atoms with Crippen LogP contribution in [0.1, 0.15) is 12.5 Å². The highest BCUT2D eigenvalue weighted by Gasteiger charge is 2.51. The summed E-state index contributed by atoms with van der Waals surface area (Å²) in [4.78, 5) is 39.6. The van der Waals surface area contributed by atoms with E-state index in [4.69, 9.17) is 16.6 Å². The van der Waals surface area contributed by atoms with Crippen molar-refractivity contribution in [1.82, 2.24) is 29.8 Å². The topological polar surface area (TPSA) is 74.7 Å². The number of rotatable bonds is 5. The predicted octanol–water partition coefficient (Wildman–Crippen LogP) is 1.18. The van der Waals surface area contributed by atoms with Gasteiger partial charge in [0, 0.05) is 69.8 Å². The number of guanidine groups is 1. The number of nitrogens with one attached hydrogen (secondary N) is 1. The van der Waals surface area contributed by atoms with Crippen molar-refractivity contribution < 1.29 is 9.59 Å². The van der Waals surface area contributed by atoms with Crippen molar-refractivity contribution in [2.45, 2.75) is 25.7 Å². The quantitative estimate of drug-likeness (QED) is 0.715. The molecule has 2 saturated heterocycles. The lowest BCUT2D eigenvalue weighted by atomic mass is 10.1. The van der Waals surface area contributed by atoms with Gasteiger partial charge in [-0.15, -0.1) is 0 Å². The zero-order valence-corrected chi connectivity index (χ0v) is 19.1. The van der Waals surface area contributed by atoms with Crippen molar-refractivity contribution in [2.75, 3.05) is 46.3 Å². The number of imide groups is 1. The number of carbonyl (C=O) groups is 2. The Balaban J connectivity index is 1.16. The molecule has 0 radical (unpaired) electrons. The summed E-state index contributed by atoms with van der Waals surface area (Å²) in [6, 6.07) is 7.17. The largest absolute Gasteiger partial charge is 0.325 e. The maximum Gasteiger partial charge on any atom is 0.325 e. The number of hydrogen-bond donors (Lipinski definition) is 1. The van der Waals surface area contributed by atoms with Crippen molar-refractivity contribution in [2.24, 2.45) is 4.99 Å². The van der Waals surface area contributed by atoms with Crippen LogP contribution in [0, 0.1) is 0 Å². The molecule has 0 spiro atoms. The zero-order chi connectivity index (χ0) is 22.4. The van der Waals surface area contributed by atoms with Crippen LogP contribution in [-0.2, 0) is 11.3 Å². The molecule has 170 valence electrons. The zero-order valence-electron chi connectivity index (χ0n) is 18.4. The number of aliphatic imine (C=N–C) groups is 1. The summed E-state index contributed by atoms with van der Waals surface area (Å²) in [7, 11) is 1.68. The fourth-order valence-corrected chi connectivity index (χ4v) is 5.04. The molecular weight excluding hydrogens is 430 g/mol. The van der Waals surface area contributed by atoms with Gasteiger partial charge in [-0.1, -0.05) is 23.7 Å². The van der Waals surface area contributed by atoms with Gasteiger partial charge in [-0.05, 0) is 24.6 Å². The van der Waals surface area contributed by atoms with Gasteiger partial charge >= 0.3 is 6.03 Å². The third-order valence-electron chi connectivity index (χ3n) is 6.67. The number of allylic oxidation sites excluding steroid dienone is 1. The van der Waals surface area contributed by atoms with Crippen LogP contribution in [0.15, 0.2) is 41.2 Å². The van der Waals surface area contributed by atoms with Crippen molar-refractivity contribution >= 4 is 29.5 Å². The molecule has 4 aliphatic heterocycles. The molecule has 4 heterocycles. The van der Waals surface area contributed by atoms with Gasteiger partial charge in [-0.3, -0.25) is 19.9 Å². The third-order valence-corrected chi connectivity index (χ3v) is 6.90. The van der Waals surface area contributed by atoms with E-state index in [9.17, 15) is 9.59 Å². The molecule has 2 unspecified atom stereocenters. The van der Waals surface area contributed by atoms with Gasteiger partial charge in [0.25, 0.3) is 5.91 Å². The molecule has 2 atom stereocenters. The van der Waals surface area contributed by atoms with E-state index in [2.05, 4.69) is 26.1 Å². The monoisotopic (exact) mass is 457 g/mol. The summed E-state index contributed by atoms with van der Waals surface area (Å²) in [5.74, 6) is 0.465. The summed E-state index contributed by atoms with van der Waals surface area (Å²) in [5, 5.41) is 3.20. The van der Waals surface area contributed by atoms with Crippen molar-refractivity contribution in [3.63, 3.8) is 0 Å². The van der Waals surface area contributed by atoms with Gasteiger partial charge in [0.2, 0.25) is 5.96 Å². The first-order valence-corrected chi connectivity index (χ1v) is 11.4. The first kappa shape index (κ1) is 21.2. The Morgan fingerprint density at radius 2 is 1.88 bits per heavy atom. The van der Waals surface area contributed by atoms with Crippen LogP contribution in [-0.4, -0.2) is 101 Å². The number of likely N-dealkylation sites (N-methyl/N-ethyl adjacent to an activating group) is 1. The number of halogens is 1. The summed E-state index contributed by atoms with van der Waals surface area (Å²) in [6.07, 6.45) is 1.49. The summed E-state index contributed by atoms with van der Waals surface area (Å²) >= 11 is 6.11. The van der Waals surface area contributed by atoms with Crippen LogP contribution in [0.25, 0.3) is 0 Å². The van der Waals surface area contributed by atoms with Gasteiger partial charge in [-0.25, -0.2) is 9.79 Å². The van der Waals surface area contributed by atoms with E-state index in [0.717, 1.165) is 62.5 Å². The lowest BCUT2D eigenvalue weighted by Crippen LogP contribution is -2.62. The first-order valence-electron chi connectivity index (χ1n) is 11.0. The van der Waals surface area contributed by atoms with Crippen LogP contribution >= 0.6 is 11.6 Å². The van der Waals surface area contributed by atoms with Gasteiger partial charge in [0.1, 0.15) is 0 Å². The van der Waals surface area contributed by atoms with Crippen molar-refractivity contribution in [1.29, 1.82) is 0 Å². The Morgan fingerprint density at radius 3 is 2.62 bits per heavy atom. The van der Waals surface area contributed by atoms with E-state index >= 15 is 0 Å². The number of piperazine rings is 1. The van der Waals surface area contributed by atoms with E-state index in [0.29, 0.717) is 0 Å². The molecule has 1 aromatic rings. The summed E-state index contributed by atoms with van der Waals surface area (Å²) in [6.45, 7) is 8.73. The molecule has 2 fully saturated rings. The van der Waals surface area contributed by atoms with E-state index in [-0.39, 0.29) is 5.91 Å². The molecule has 0 aliphatic carbocycles. The number of carbonyl (C=O) groups excluding carboxylic acids is 2. The molecule has 1 aromatic carbocycles. The number of hydrogen-bond acceptors (Lipinski definition) is 7. The van der Waals surface area contributed by atoms with Gasteiger partial charge in [-0.2, -0.15) is 0 Å². The van der Waals surface area contributed by atoms with Crippen LogP contribution in [0.3, 0.4) is 0 Å². The Kier molecular flexibility index (Phi) is 5.56. The molecule has 10 heteroatoms. The van der Waals surface area contributed by atoms with Crippen LogP contribution in [0.4, 0.5) is 4.79 Å². The summed E-state index contributed by atoms with van der Waals surface area (Å²) < 4.78 is 0. The molecule has 1 N–H and O–H groups in total. The minimum absolute atomic E-state index is 0.293. The Labute approximate surface area is 192 Å². The van der Waals surface area contributed by atoms with Crippen LogP contribution in [0.2, 0.25) is 5.02 Å². The molecule has 3 amide bonds. The fourth-order valence-electron chi connectivity index (χ4n) is 4.83. The molecule has 9 nitrogen and oxygen atoms in total. The minimum Gasteiger partial charge on any atom is -0.313 e.